The first kappa shape index (κ1) is 13.5. The number of imidazole rings is 1. The second kappa shape index (κ2) is 6.31. The van der Waals surface area contributed by atoms with Crippen LogP contribution in [0.15, 0.2) is 35.7 Å². The molecule has 2 aromatic heterocycles. The molecule has 20 heavy (non-hydrogen) atoms. The highest BCUT2D eigenvalue weighted by Crippen LogP contribution is 2.20. The molecule has 1 aliphatic carbocycles. The maximum atomic E-state index is 12.0. The van der Waals surface area contributed by atoms with Gasteiger partial charge in [0.2, 0.25) is 5.91 Å². The van der Waals surface area contributed by atoms with Crippen LogP contribution in [0.4, 0.5) is 0 Å². The Labute approximate surface area is 123 Å². The lowest BCUT2D eigenvalue weighted by atomic mass is 9.95. The number of nitrogens with one attached hydrogen (secondary N) is 1. The molecule has 0 radical (unpaired) electrons. The fraction of sp³-hybridized carbons (Fsp3) is 0.467. The largest absolute Gasteiger partial charge is 0.353 e. The van der Waals surface area contributed by atoms with E-state index >= 15 is 0 Å². The summed E-state index contributed by atoms with van der Waals surface area (Å²) in [5.41, 5.74) is 1.06. The standard InChI is InChI=1S/C15H19N3OS/c19-14(17-12-6-2-1-3-7-12)11-20-15-16-10-13-8-4-5-9-18(13)15/h4-5,8-10,12H,1-3,6-7,11H2,(H,17,19). The SMILES string of the molecule is O=C(CSc1ncc2ccccn12)NC1CCCCC1. The molecular formula is C15H19N3OS. The van der Waals surface area contributed by atoms with Gasteiger partial charge in [-0.25, -0.2) is 4.98 Å². The van der Waals surface area contributed by atoms with Crippen molar-refractivity contribution in [3.05, 3.63) is 30.6 Å². The number of thioether (sulfide) groups is 1. The minimum absolute atomic E-state index is 0.120. The van der Waals surface area contributed by atoms with Crippen LogP contribution in [0.5, 0.6) is 0 Å². The fourth-order valence-corrected chi connectivity index (χ4v) is 3.45. The lowest BCUT2D eigenvalue weighted by Crippen LogP contribution is -2.37. The van der Waals surface area contributed by atoms with Crippen LogP contribution in [-0.2, 0) is 4.79 Å². The van der Waals surface area contributed by atoms with Gasteiger partial charge in [0.25, 0.3) is 0 Å². The number of pyridine rings is 1. The van der Waals surface area contributed by atoms with Gasteiger partial charge in [-0.15, -0.1) is 0 Å². The van der Waals surface area contributed by atoms with Crippen molar-refractivity contribution in [2.75, 3.05) is 5.75 Å². The zero-order valence-electron chi connectivity index (χ0n) is 11.4. The van der Waals surface area contributed by atoms with E-state index in [9.17, 15) is 4.79 Å². The summed E-state index contributed by atoms with van der Waals surface area (Å²) >= 11 is 1.49. The van der Waals surface area contributed by atoms with Crippen molar-refractivity contribution < 1.29 is 4.79 Å². The molecule has 0 saturated heterocycles. The molecule has 0 unspecified atom stereocenters. The number of amides is 1. The van der Waals surface area contributed by atoms with Gasteiger partial charge in [0, 0.05) is 12.2 Å². The molecule has 4 nitrogen and oxygen atoms in total. The predicted molar refractivity (Wildman–Crippen MR) is 80.9 cm³/mol. The molecule has 106 valence electrons. The molecule has 1 aliphatic rings. The van der Waals surface area contributed by atoms with Gasteiger partial charge in [0.1, 0.15) is 0 Å². The number of rotatable bonds is 4. The topological polar surface area (TPSA) is 46.4 Å². The van der Waals surface area contributed by atoms with Crippen molar-refractivity contribution in [1.29, 1.82) is 0 Å². The van der Waals surface area contributed by atoms with Crippen LogP contribution in [0, 0.1) is 0 Å². The van der Waals surface area contributed by atoms with E-state index in [-0.39, 0.29) is 5.91 Å². The Balaban J connectivity index is 1.54. The summed E-state index contributed by atoms with van der Waals surface area (Å²) in [4.78, 5) is 16.3. The van der Waals surface area contributed by atoms with Gasteiger partial charge in [-0.1, -0.05) is 37.1 Å². The highest BCUT2D eigenvalue weighted by Gasteiger charge is 2.16. The normalized spacial score (nSPS) is 16.4. The summed E-state index contributed by atoms with van der Waals surface area (Å²) in [6.07, 6.45) is 9.85. The van der Waals surface area contributed by atoms with E-state index in [1.54, 1.807) is 0 Å². The van der Waals surface area contributed by atoms with Crippen LogP contribution in [0.3, 0.4) is 0 Å². The summed E-state index contributed by atoms with van der Waals surface area (Å²) in [7, 11) is 0. The minimum Gasteiger partial charge on any atom is -0.353 e. The number of carbonyl (C=O) groups excluding carboxylic acids is 1. The maximum absolute atomic E-state index is 12.0. The van der Waals surface area contributed by atoms with E-state index in [0.29, 0.717) is 11.8 Å². The summed E-state index contributed by atoms with van der Waals surface area (Å²) in [5.74, 6) is 0.555. The van der Waals surface area contributed by atoms with Gasteiger partial charge >= 0.3 is 0 Å². The molecule has 1 amide bonds. The van der Waals surface area contributed by atoms with E-state index in [1.807, 2.05) is 35.0 Å². The van der Waals surface area contributed by atoms with Crippen LogP contribution in [0.25, 0.3) is 5.52 Å². The molecule has 1 N–H and O–H groups in total. The molecule has 0 aliphatic heterocycles. The van der Waals surface area contributed by atoms with Crippen LogP contribution < -0.4 is 5.32 Å². The maximum Gasteiger partial charge on any atom is 0.230 e. The lowest BCUT2D eigenvalue weighted by molar-refractivity contribution is -0.119. The summed E-state index contributed by atoms with van der Waals surface area (Å²) in [5, 5.41) is 4.01. The van der Waals surface area contributed by atoms with Crippen LogP contribution in [0.2, 0.25) is 0 Å². The summed E-state index contributed by atoms with van der Waals surface area (Å²) in [6.45, 7) is 0. The Bertz CT molecular complexity index is 590. The molecule has 2 heterocycles. The molecule has 3 rings (SSSR count). The van der Waals surface area contributed by atoms with E-state index in [4.69, 9.17) is 0 Å². The minimum atomic E-state index is 0.120. The van der Waals surface area contributed by atoms with Gasteiger partial charge < -0.3 is 5.32 Å². The average Bonchev–Trinajstić information content (AvgIpc) is 2.89. The van der Waals surface area contributed by atoms with Crippen LogP contribution in [-0.4, -0.2) is 27.1 Å². The monoisotopic (exact) mass is 289 g/mol. The van der Waals surface area contributed by atoms with E-state index in [2.05, 4.69) is 10.3 Å². The smallest absolute Gasteiger partial charge is 0.230 e. The number of fused-ring (bicyclic) bond motifs is 1. The van der Waals surface area contributed by atoms with Gasteiger partial charge in [0.05, 0.1) is 17.5 Å². The Morgan fingerprint density at radius 2 is 2.20 bits per heavy atom. The first-order valence-electron chi connectivity index (χ1n) is 7.17. The number of hydrogen-bond acceptors (Lipinski definition) is 3. The quantitative estimate of drug-likeness (QED) is 0.880. The van der Waals surface area contributed by atoms with Crippen molar-refractivity contribution >= 4 is 23.2 Å². The highest BCUT2D eigenvalue weighted by molar-refractivity contribution is 7.99. The Morgan fingerprint density at radius 3 is 3.05 bits per heavy atom. The molecule has 0 aromatic carbocycles. The lowest BCUT2D eigenvalue weighted by Gasteiger charge is -2.22. The molecular weight excluding hydrogens is 270 g/mol. The van der Waals surface area contributed by atoms with Crippen molar-refractivity contribution in [2.45, 2.75) is 43.3 Å². The Morgan fingerprint density at radius 1 is 1.35 bits per heavy atom. The van der Waals surface area contributed by atoms with Crippen molar-refractivity contribution in [2.24, 2.45) is 0 Å². The van der Waals surface area contributed by atoms with E-state index < -0.39 is 0 Å². The third-order valence-corrected chi connectivity index (χ3v) is 4.67. The number of hydrogen-bond donors (Lipinski definition) is 1. The number of carbonyl (C=O) groups is 1. The van der Waals surface area contributed by atoms with E-state index in [0.717, 1.165) is 23.5 Å². The van der Waals surface area contributed by atoms with Gasteiger partial charge in [-0.3, -0.25) is 9.20 Å². The third-order valence-electron chi connectivity index (χ3n) is 3.71. The Kier molecular flexibility index (Phi) is 4.25. The van der Waals surface area contributed by atoms with Gasteiger partial charge in [-0.05, 0) is 25.0 Å². The summed E-state index contributed by atoms with van der Waals surface area (Å²) in [6, 6.07) is 6.36. The van der Waals surface area contributed by atoms with E-state index in [1.165, 1.54) is 31.0 Å². The predicted octanol–water partition coefficient (Wildman–Crippen LogP) is 2.88. The molecule has 2 aromatic rings. The van der Waals surface area contributed by atoms with Crippen molar-refractivity contribution in [3.8, 4) is 0 Å². The van der Waals surface area contributed by atoms with Crippen LogP contribution >= 0.6 is 11.8 Å². The van der Waals surface area contributed by atoms with Crippen LogP contribution in [0.1, 0.15) is 32.1 Å². The first-order valence-corrected chi connectivity index (χ1v) is 8.16. The highest BCUT2D eigenvalue weighted by atomic mass is 32.2. The Hall–Kier alpha value is -1.49. The average molecular weight is 289 g/mol. The third kappa shape index (κ3) is 3.15. The number of nitrogens with zero attached hydrogens (tertiary/aromatic N) is 2. The molecule has 0 spiro atoms. The zero-order valence-corrected chi connectivity index (χ0v) is 12.2. The summed E-state index contributed by atoms with van der Waals surface area (Å²) < 4.78 is 2.01. The second-order valence-corrected chi connectivity index (χ2v) is 6.17. The molecule has 5 heteroatoms. The molecule has 0 atom stereocenters. The first-order chi connectivity index (χ1) is 9.83. The van der Waals surface area contributed by atoms with Crippen molar-refractivity contribution in [3.63, 3.8) is 0 Å². The number of aromatic nitrogens is 2. The molecule has 0 bridgehead atoms. The molecule has 1 saturated carbocycles. The zero-order chi connectivity index (χ0) is 13.8. The van der Waals surface area contributed by atoms with Gasteiger partial charge in [0.15, 0.2) is 5.16 Å². The fourth-order valence-electron chi connectivity index (χ4n) is 2.67. The second-order valence-electron chi connectivity index (χ2n) is 5.23. The van der Waals surface area contributed by atoms with Crippen molar-refractivity contribution in [1.82, 2.24) is 14.7 Å². The van der Waals surface area contributed by atoms with Gasteiger partial charge in [-0.2, -0.15) is 0 Å². The molecule has 1 fully saturated rings.